The summed E-state index contributed by atoms with van der Waals surface area (Å²) < 4.78 is 96.2. The minimum absolute atomic E-state index is 0.0483. The van der Waals surface area contributed by atoms with Gasteiger partial charge < -0.3 is 21.1 Å². The number of piperidine rings is 1. The van der Waals surface area contributed by atoms with Gasteiger partial charge in [-0.1, -0.05) is 0 Å². The number of nitrogens with two attached hydrogens (primary N) is 1. The van der Waals surface area contributed by atoms with Crippen LogP contribution in [0.15, 0.2) is 18.2 Å². The molecule has 2 heterocycles. The van der Waals surface area contributed by atoms with E-state index in [2.05, 4.69) is 20.4 Å². The van der Waals surface area contributed by atoms with Crippen LogP contribution in [0.2, 0.25) is 0 Å². The Morgan fingerprint density at radius 3 is 2.65 bits per heavy atom. The number of amides is 1. The Morgan fingerprint density at radius 1 is 1.32 bits per heavy atom. The van der Waals surface area contributed by atoms with Crippen molar-refractivity contribution in [3.63, 3.8) is 0 Å². The number of benzene rings is 1. The van der Waals surface area contributed by atoms with Crippen LogP contribution in [0, 0.1) is 0 Å². The summed E-state index contributed by atoms with van der Waals surface area (Å²) in [7, 11) is 0. The van der Waals surface area contributed by atoms with Crippen molar-refractivity contribution < 1.29 is 40.3 Å². The molecule has 1 aliphatic heterocycles. The molecule has 13 heteroatoms. The first-order chi connectivity index (χ1) is 14.4. The lowest BCUT2D eigenvalue weighted by Gasteiger charge is -2.30. The van der Waals surface area contributed by atoms with Crippen molar-refractivity contribution in [2.75, 3.05) is 18.8 Å². The molecule has 0 bridgehead atoms. The van der Waals surface area contributed by atoms with Crippen molar-refractivity contribution in [1.29, 1.82) is 0 Å². The molecule has 0 aliphatic carbocycles. The molecule has 0 radical (unpaired) electrons. The molecule has 1 atom stereocenters. The maximum Gasteiger partial charge on any atom is 0.418 e. The number of rotatable bonds is 5. The van der Waals surface area contributed by atoms with E-state index in [1.165, 1.54) is 0 Å². The topological polar surface area (TPSA) is 89.3 Å². The summed E-state index contributed by atoms with van der Waals surface area (Å²) in [5.41, 5.74) is 2.77. The van der Waals surface area contributed by atoms with Crippen LogP contribution in [0.3, 0.4) is 0 Å². The van der Waals surface area contributed by atoms with Gasteiger partial charge in [0.05, 0.1) is 11.1 Å². The minimum atomic E-state index is -5.01. The summed E-state index contributed by atoms with van der Waals surface area (Å²) in [6, 6.07) is 1.42. The van der Waals surface area contributed by atoms with E-state index in [1.807, 2.05) is 0 Å². The number of fused-ring (bicyclic) bond motifs is 1. The van der Waals surface area contributed by atoms with Gasteiger partial charge in [-0.05, 0) is 18.2 Å². The van der Waals surface area contributed by atoms with Gasteiger partial charge in [-0.25, -0.2) is 13.8 Å². The molecule has 3 rings (SSSR count). The number of hydrogen-bond donors (Lipinski definition) is 3. The lowest BCUT2D eigenvalue weighted by molar-refractivity contribution is -0.136. The Hall–Kier alpha value is -2.83. The largest absolute Gasteiger partial charge is 0.435 e. The highest BCUT2D eigenvalue weighted by Gasteiger charge is 2.37. The van der Waals surface area contributed by atoms with E-state index >= 15 is 0 Å². The van der Waals surface area contributed by atoms with E-state index in [0.717, 1.165) is 12.1 Å². The first-order valence-corrected chi connectivity index (χ1v) is 9.01. The predicted molar refractivity (Wildman–Crippen MR) is 96.1 cm³/mol. The molecular formula is C18H17F7N4O2. The van der Waals surface area contributed by atoms with Gasteiger partial charge in [0.15, 0.2) is 0 Å². The van der Waals surface area contributed by atoms with Crippen molar-refractivity contribution in [1.82, 2.24) is 15.6 Å². The molecule has 0 saturated carbocycles. The van der Waals surface area contributed by atoms with Crippen molar-refractivity contribution in [3.8, 4) is 5.75 Å². The average molecular weight is 454 g/mol. The molecule has 1 aliphatic rings. The number of halogens is 7. The lowest BCUT2D eigenvalue weighted by Crippen LogP contribution is -2.49. The average Bonchev–Trinajstić information content (AvgIpc) is 2.64. The van der Waals surface area contributed by atoms with Crippen molar-refractivity contribution in [2.45, 2.75) is 37.6 Å². The molecule has 6 nitrogen and oxygen atoms in total. The fraction of sp³-hybridized carbons (Fsp3) is 0.444. The van der Waals surface area contributed by atoms with Crippen molar-refractivity contribution in [3.05, 3.63) is 29.5 Å². The fourth-order valence-corrected chi connectivity index (χ4v) is 3.27. The molecule has 1 amide bonds. The number of alkyl halides is 7. The number of aromatic nitrogens is 1. The Morgan fingerprint density at radius 2 is 2.03 bits per heavy atom. The molecule has 31 heavy (non-hydrogen) atoms. The van der Waals surface area contributed by atoms with Gasteiger partial charge in [0.1, 0.15) is 11.4 Å². The zero-order chi connectivity index (χ0) is 23.0. The zero-order valence-electron chi connectivity index (χ0n) is 15.7. The molecular weight excluding hydrogens is 437 g/mol. The van der Waals surface area contributed by atoms with E-state index in [-0.39, 0.29) is 30.6 Å². The van der Waals surface area contributed by atoms with Gasteiger partial charge in [0.2, 0.25) is 0 Å². The summed E-state index contributed by atoms with van der Waals surface area (Å²) in [6.45, 7) is -3.52. The summed E-state index contributed by atoms with van der Waals surface area (Å²) in [4.78, 5) is 16.1. The van der Waals surface area contributed by atoms with E-state index in [4.69, 9.17) is 5.73 Å². The molecule has 0 spiro atoms. The zero-order valence-corrected chi connectivity index (χ0v) is 15.7. The molecule has 1 unspecified atom stereocenters. The quantitative estimate of drug-likeness (QED) is 0.602. The Labute approximate surface area is 170 Å². The summed E-state index contributed by atoms with van der Waals surface area (Å²) >= 11 is 0. The van der Waals surface area contributed by atoms with Crippen LogP contribution in [0.4, 0.5) is 36.4 Å². The highest BCUT2D eigenvalue weighted by molar-refractivity contribution is 6.00. The molecule has 1 aromatic heterocycles. The van der Waals surface area contributed by atoms with E-state index in [9.17, 15) is 35.5 Å². The van der Waals surface area contributed by atoms with Gasteiger partial charge in [0, 0.05) is 43.0 Å². The predicted octanol–water partition coefficient (Wildman–Crippen LogP) is 3.55. The van der Waals surface area contributed by atoms with Crippen molar-refractivity contribution >= 4 is 22.5 Å². The minimum Gasteiger partial charge on any atom is -0.435 e. The number of ether oxygens (including phenoxy) is 1. The molecule has 1 aromatic carbocycles. The molecule has 1 fully saturated rings. The van der Waals surface area contributed by atoms with Crippen LogP contribution >= 0.6 is 0 Å². The highest BCUT2D eigenvalue weighted by Crippen LogP contribution is 2.39. The standard InChI is InChI=1S/C18H17F7N4O2/c19-16(20)31-9-3-10-12(26)5-13(29-14(10)11(4-9)18(23,24)25)15(30)28-7-8-6-17(21,22)1-2-27-8/h3-5,8,16,27H,1-2,6-7H2,(H2,26,29)(H,28,30). The summed E-state index contributed by atoms with van der Waals surface area (Å²) in [5.74, 6) is -4.58. The second-order valence-corrected chi connectivity index (χ2v) is 7.01. The number of hydrogen-bond acceptors (Lipinski definition) is 5. The number of nitrogens with one attached hydrogen (secondary N) is 2. The number of pyridine rings is 1. The smallest absolute Gasteiger partial charge is 0.418 e. The Bertz CT molecular complexity index is 982. The molecule has 170 valence electrons. The second-order valence-electron chi connectivity index (χ2n) is 7.01. The van der Waals surface area contributed by atoms with Crippen LogP contribution in [0.25, 0.3) is 10.9 Å². The van der Waals surface area contributed by atoms with E-state index in [0.29, 0.717) is 6.07 Å². The maximum absolute atomic E-state index is 13.5. The van der Waals surface area contributed by atoms with E-state index < -0.39 is 59.6 Å². The van der Waals surface area contributed by atoms with Crippen LogP contribution in [0.1, 0.15) is 28.9 Å². The fourth-order valence-electron chi connectivity index (χ4n) is 3.27. The van der Waals surface area contributed by atoms with Crippen LogP contribution in [0.5, 0.6) is 5.75 Å². The molecule has 2 aromatic rings. The van der Waals surface area contributed by atoms with Crippen LogP contribution < -0.4 is 21.1 Å². The summed E-state index contributed by atoms with van der Waals surface area (Å²) in [6.07, 6.45) is -5.85. The number of nitrogen functional groups attached to an aromatic ring is 1. The van der Waals surface area contributed by atoms with Gasteiger partial charge >= 0.3 is 12.8 Å². The van der Waals surface area contributed by atoms with Gasteiger partial charge in [-0.15, -0.1) is 0 Å². The maximum atomic E-state index is 13.5. The van der Waals surface area contributed by atoms with Crippen LogP contribution in [-0.4, -0.2) is 42.6 Å². The van der Waals surface area contributed by atoms with E-state index in [1.54, 1.807) is 0 Å². The monoisotopic (exact) mass is 454 g/mol. The Kier molecular flexibility index (Phi) is 6.16. The Balaban J connectivity index is 1.90. The lowest BCUT2D eigenvalue weighted by atomic mass is 10.0. The third kappa shape index (κ3) is 5.46. The third-order valence-electron chi connectivity index (χ3n) is 4.66. The summed E-state index contributed by atoms with van der Waals surface area (Å²) in [5, 5.41) is 4.81. The molecule has 4 N–H and O–H groups in total. The SMILES string of the molecule is Nc1cc(C(=O)NCC2CC(F)(F)CCN2)nc2c(C(F)(F)F)cc(OC(F)F)cc12. The normalized spacial score (nSPS) is 18.9. The third-order valence-corrected chi connectivity index (χ3v) is 4.66. The van der Waals surface area contributed by atoms with Crippen molar-refractivity contribution in [2.24, 2.45) is 0 Å². The van der Waals surface area contributed by atoms with Gasteiger partial charge in [-0.2, -0.15) is 22.0 Å². The number of carbonyl (C=O) groups is 1. The van der Waals surface area contributed by atoms with Crippen LogP contribution in [-0.2, 0) is 6.18 Å². The number of carbonyl (C=O) groups excluding carboxylic acids is 1. The number of anilines is 1. The first-order valence-electron chi connectivity index (χ1n) is 9.01. The molecule has 1 saturated heterocycles. The van der Waals surface area contributed by atoms with Gasteiger partial charge in [-0.3, -0.25) is 4.79 Å². The highest BCUT2D eigenvalue weighted by atomic mass is 19.4. The number of nitrogens with zero attached hydrogens (tertiary/aromatic N) is 1. The second kappa shape index (κ2) is 8.36. The van der Waals surface area contributed by atoms with Gasteiger partial charge in [0.25, 0.3) is 11.8 Å². The first kappa shape index (κ1) is 22.8.